The Morgan fingerprint density at radius 2 is 2.22 bits per heavy atom. The molecule has 104 valence electrons. The highest BCUT2D eigenvalue weighted by atomic mass is 16.5. The van der Waals surface area contributed by atoms with E-state index in [2.05, 4.69) is 10.6 Å². The zero-order chi connectivity index (χ0) is 12.8. The highest BCUT2D eigenvalue weighted by Gasteiger charge is 2.24. The standard InChI is InChI=1S/C13H24N2O3/c16-12-4-2-1-3-10(12)8-15-13(17)7-11-9-18-6-5-14-11/h10-12,14,16H,1-9H2,(H,15,17). The number of rotatable bonds is 4. The molecule has 1 saturated heterocycles. The molecular formula is C13H24N2O3. The Kier molecular flexibility index (Phi) is 5.41. The van der Waals surface area contributed by atoms with E-state index >= 15 is 0 Å². The van der Waals surface area contributed by atoms with Crippen molar-refractivity contribution in [3.05, 3.63) is 0 Å². The summed E-state index contributed by atoms with van der Waals surface area (Å²) < 4.78 is 5.31. The van der Waals surface area contributed by atoms with Gasteiger partial charge < -0.3 is 20.5 Å². The molecule has 0 aromatic carbocycles. The second kappa shape index (κ2) is 7.07. The van der Waals surface area contributed by atoms with Crippen molar-refractivity contribution in [3.63, 3.8) is 0 Å². The number of nitrogens with one attached hydrogen (secondary N) is 2. The summed E-state index contributed by atoms with van der Waals surface area (Å²) in [7, 11) is 0. The average Bonchev–Trinajstić information content (AvgIpc) is 2.39. The molecule has 2 aliphatic rings. The van der Waals surface area contributed by atoms with Crippen LogP contribution >= 0.6 is 0 Å². The molecule has 18 heavy (non-hydrogen) atoms. The van der Waals surface area contributed by atoms with Gasteiger partial charge in [0.15, 0.2) is 0 Å². The summed E-state index contributed by atoms with van der Waals surface area (Å²) in [6.45, 7) is 2.76. The highest BCUT2D eigenvalue weighted by Crippen LogP contribution is 2.23. The predicted molar refractivity (Wildman–Crippen MR) is 68.2 cm³/mol. The van der Waals surface area contributed by atoms with Gasteiger partial charge in [0.2, 0.25) is 5.91 Å². The third-order valence-corrected chi connectivity index (χ3v) is 3.86. The van der Waals surface area contributed by atoms with Crippen molar-refractivity contribution in [1.29, 1.82) is 0 Å². The molecule has 2 fully saturated rings. The molecule has 1 aliphatic heterocycles. The SMILES string of the molecule is O=C(CC1COCCN1)NCC1CCCCC1O. The normalized spacial score (nSPS) is 33.1. The lowest BCUT2D eigenvalue weighted by atomic mass is 9.86. The van der Waals surface area contributed by atoms with E-state index in [0.29, 0.717) is 19.6 Å². The van der Waals surface area contributed by atoms with Crippen LogP contribution in [0.4, 0.5) is 0 Å². The van der Waals surface area contributed by atoms with Crippen molar-refractivity contribution >= 4 is 5.91 Å². The largest absolute Gasteiger partial charge is 0.393 e. The summed E-state index contributed by atoms with van der Waals surface area (Å²) in [6.07, 6.45) is 4.38. The van der Waals surface area contributed by atoms with Crippen LogP contribution in [0, 0.1) is 5.92 Å². The van der Waals surface area contributed by atoms with E-state index < -0.39 is 0 Å². The van der Waals surface area contributed by atoms with Crippen LogP contribution in [0.2, 0.25) is 0 Å². The fourth-order valence-corrected chi connectivity index (χ4v) is 2.72. The van der Waals surface area contributed by atoms with Gasteiger partial charge in [0.25, 0.3) is 0 Å². The zero-order valence-electron chi connectivity index (χ0n) is 10.9. The maximum Gasteiger partial charge on any atom is 0.221 e. The minimum Gasteiger partial charge on any atom is -0.393 e. The van der Waals surface area contributed by atoms with Crippen LogP contribution in [0.3, 0.4) is 0 Å². The summed E-state index contributed by atoms with van der Waals surface area (Å²) in [5.41, 5.74) is 0. The number of aliphatic hydroxyl groups is 1. The van der Waals surface area contributed by atoms with Crippen molar-refractivity contribution in [2.75, 3.05) is 26.3 Å². The van der Waals surface area contributed by atoms with Gasteiger partial charge in [-0.15, -0.1) is 0 Å². The van der Waals surface area contributed by atoms with Gasteiger partial charge in [-0.2, -0.15) is 0 Å². The van der Waals surface area contributed by atoms with Crippen LogP contribution < -0.4 is 10.6 Å². The summed E-state index contributed by atoms with van der Waals surface area (Å²) in [4.78, 5) is 11.8. The Morgan fingerprint density at radius 3 is 2.94 bits per heavy atom. The van der Waals surface area contributed by atoms with Crippen LogP contribution in [0.1, 0.15) is 32.1 Å². The number of morpholine rings is 1. The fourth-order valence-electron chi connectivity index (χ4n) is 2.72. The first-order valence-electron chi connectivity index (χ1n) is 7.01. The molecule has 1 saturated carbocycles. The molecule has 0 aromatic heterocycles. The average molecular weight is 256 g/mol. The van der Waals surface area contributed by atoms with E-state index in [-0.39, 0.29) is 24.0 Å². The summed E-state index contributed by atoms with van der Waals surface area (Å²) >= 11 is 0. The molecule has 5 heteroatoms. The maximum absolute atomic E-state index is 11.8. The van der Waals surface area contributed by atoms with Crippen LogP contribution in [-0.2, 0) is 9.53 Å². The third-order valence-electron chi connectivity index (χ3n) is 3.86. The summed E-state index contributed by atoms with van der Waals surface area (Å²) in [5.74, 6) is 0.286. The minimum absolute atomic E-state index is 0.0516. The lowest BCUT2D eigenvalue weighted by Crippen LogP contribution is -2.45. The molecule has 0 radical (unpaired) electrons. The van der Waals surface area contributed by atoms with Gasteiger partial charge in [-0.25, -0.2) is 0 Å². The van der Waals surface area contributed by atoms with E-state index in [9.17, 15) is 9.90 Å². The summed E-state index contributed by atoms with van der Waals surface area (Å²) in [5, 5.41) is 16.0. The lowest BCUT2D eigenvalue weighted by molar-refractivity contribution is -0.122. The van der Waals surface area contributed by atoms with Crippen molar-refractivity contribution in [1.82, 2.24) is 10.6 Å². The number of hydrogen-bond donors (Lipinski definition) is 3. The molecule has 3 unspecified atom stereocenters. The van der Waals surface area contributed by atoms with Crippen LogP contribution in [-0.4, -0.2) is 49.5 Å². The molecule has 0 spiro atoms. The van der Waals surface area contributed by atoms with E-state index in [1.54, 1.807) is 0 Å². The molecular weight excluding hydrogens is 232 g/mol. The number of aliphatic hydroxyl groups excluding tert-OH is 1. The van der Waals surface area contributed by atoms with Crippen molar-refractivity contribution in [2.45, 2.75) is 44.2 Å². The Bertz CT molecular complexity index is 267. The Hall–Kier alpha value is -0.650. The van der Waals surface area contributed by atoms with Crippen LogP contribution in [0.15, 0.2) is 0 Å². The van der Waals surface area contributed by atoms with Gasteiger partial charge in [0.1, 0.15) is 0 Å². The second-order valence-electron chi connectivity index (χ2n) is 5.35. The first-order valence-corrected chi connectivity index (χ1v) is 7.01. The molecule has 5 nitrogen and oxygen atoms in total. The Balaban J connectivity index is 1.64. The minimum atomic E-state index is -0.241. The van der Waals surface area contributed by atoms with Gasteiger partial charge >= 0.3 is 0 Å². The number of amides is 1. The van der Waals surface area contributed by atoms with Gasteiger partial charge in [-0.3, -0.25) is 4.79 Å². The van der Waals surface area contributed by atoms with E-state index in [4.69, 9.17) is 4.74 Å². The second-order valence-corrected chi connectivity index (χ2v) is 5.35. The van der Waals surface area contributed by atoms with Crippen molar-refractivity contribution in [3.8, 4) is 0 Å². The predicted octanol–water partition coefficient (Wildman–Crippen LogP) is 0.0322. The molecule has 1 amide bonds. The first kappa shape index (κ1) is 13.8. The summed E-state index contributed by atoms with van der Waals surface area (Å²) in [6, 6.07) is 0.134. The molecule has 2 rings (SSSR count). The molecule has 3 atom stereocenters. The molecule has 0 aromatic rings. The monoisotopic (exact) mass is 256 g/mol. The van der Waals surface area contributed by atoms with Gasteiger partial charge in [-0.1, -0.05) is 12.8 Å². The van der Waals surface area contributed by atoms with Crippen LogP contribution in [0.5, 0.6) is 0 Å². The Labute approximate surface area is 108 Å². The van der Waals surface area contributed by atoms with Crippen molar-refractivity contribution < 1.29 is 14.6 Å². The van der Waals surface area contributed by atoms with E-state index in [0.717, 1.165) is 38.8 Å². The van der Waals surface area contributed by atoms with Gasteiger partial charge in [0.05, 0.1) is 19.3 Å². The van der Waals surface area contributed by atoms with E-state index in [1.807, 2.05) is 0 Å². The van der Waals surface area contributed by atoms with Gasteiger partial charge in [-0.05, 0) is 12.8 Å². The Morgan fingerprint density at radius 1 is 1.39 bits per heavy atom. The first-order chi connectivity index (χ1) is 8.75. The number of hydrogen-bond acceptors (Lipinski definition) is 4. The smallest absolute Gasteiger partial charge is 0.221 e. The number of ether oxygens (including phenoxy) is 1. The lowest BCUT2D eigenvalue weighted by Gasteiger charge is -2.28. The van der Waals surface area contributed by atoms with Crippen LogP contribution in [0.25, 0.3) is 0 Å². The molecule has 0 bridgehead atoms. The highest BCUT2D eigenvalue weighted by molar-refractivity contribution is 5.76. The molecule has 1 aliphatic carbocycles. The third kappa shape index (κ3) is 4.23. The fraction of sp³-hybridized carbons (Fsp3) is 0.923. The van der Waals surface area contributed by atoms with Crippen molar-refractivity contribution in [2.24, 2.45) is 5.92 Å². The number of carbonyl (C=O) groups is 1. The molecule has 1 heterocycles. The van der Waals surface area contributed by atoms with E-state index in [1.165, 1.54) is 0 Å². The zero-order valence-corrected chi connectivity index (χ0v) is 10.9. The number of carbonyl (C=O) groups excluding carboxylic acids is 1. The molecule has 3 N–H and O–H groups in total. The van der Waals surface area contributed by atoms with Gasteiger partial charge in [0, 0.05) is 31.5 Å². The maximum atomic E-state index is 11.8. The quantitative estimate of drug-likeness (QED) is 0.664. The topological polar surface area (TPSA) is 70.6 Å².